The van der Waals surface area contributed by atoms with Gasteiger partial charge in [0.05, 0.1) is 0 Å². The number of hydrogen-bond acceptors (Lipinski definition) is 2. The normalized spacial score (nSPS) is 26.9. The summed E-state index contributed by atoms with van der Waals surface area (Å²) in [5.41, 5.74) is 1.33. The fourth-order valence-electron chi connectivity index (χ4n) is 3.45. The second kappa shape index (κ2) is 7.44. The van der Waals surface area contributed by atoms with Crippen LogP contribution in [-0.4, -0.2) is 31.6 Å². The van der Waals surface area contributed by atoms with E-state index in [2.05, 4.69) is 43.4 Å². The van der Waals surface area contributed by atoms with Crippen LogP contribution in [0.15, 0.2) is 24.3 Å². The third-order valence-electron chi connectivity index (χ3n) is 4.53. The molecule has 1 aliphatic carbocycles. The number of nitrogens with one attached hydrogen (secondary N) is 1. The van der Waals surface area contributed by atoms with E-state index in [0.717, 1.165) is 23.4 Å². The molecule has 0 amide bonds. The summed E-state index contributed by atoms with van der Waals surface area (Å²) in [4.78, 5) is 2.44. The van der Waals surface area contributed by atoms with Crippen LogP contribution < -0.4 is 5.32 Å². The molecule has 1 N–H and O–H groups in total. The molecule has 1 aliphatic rings. The number of hydrogen-bond donors (Lipinski definition) is 1. The lowest BCUT2D eigenvalue weighted by Crippen LogP contribution is -2.43. The van der Waals surface area contributed by atoms with E-state index in [9.17, 15) is 0 Å². The molecule has 0 spiro atoms. The standard InChI is InChI=1S/C17H27ClN2/c1-13-4-9-17(19-2)15(10-13)12-20(3)11-14-5-7-16(18)8-6-14/h5-8,13,15,17,19H,4,9-12H2,1-3H3. The van der Waals surface area contributed by atoms with Crippen LogP contribution >= 0.6 is 11.6 Å². The van der Waals surface area contributed by atoms with Gasteiger partial charge in [-0.25, -0.2) is 0 Å². The van der Waals surface area contributed by atoms with E-state index < -0.39 is 0 Å². The Balaban J connectivity index is 1.89. The summed E-state index contributed by atoms with van der Waals surface area (Å²) in [6.07, 6.45) is 4.02. The van der Waals surface area contributed by atoms with Crippen LogP contribution in [-0.2, 0) is 6.54 Å². The minimum atomic E-state index is 0.680. The number of nitrogens with zero attached hydrogens (tertiary/aromatic N) is 1. The highest BCUT2D eigenvalue weighted by Crippen LogP contribution is 2.29. The molecule has 1 fully saturated rings. The molecule has 2 nitrogen and oxygen atoms in total. The summed E-state index contributed by atoms with van der Waals surface area (Å²) in [6.45, 7) is 4.55. The van der Waals surface area contributed by atoms with Gasteiger partial charge in [0, 0.05) is 24.2 Å². The Kier molecular flexibility index (Phi) is 5.88. The number of rotatable bonds is 5. The van der Waals surface area contributed by atoms with E-state index in [-0.39, 0.29) is 0 Å². The van der Waals surface area contributed by atoms with Crippen LogP contribution in [0.1, 0.15) is 31.7 Å². The van der Waals surface area contributed by atoms with E-state index in [1.165, 1.54) is 31.4 Å². The van der Waals surface area contributed by atoms with Crippen molar-refractivity contribution in [1.29, 1.82) is 0 Å². The Labute approximate surface area is 128 Å². The maximum Gasteiger partial charge on any atom is 0.0406 e. The Hall–Kier alpha value is -0.570. The van der Waals surface area contributed by atoms with Gasteiger partial charge in [-0.15, -0.1) is 0 Å². The molecule has 2 rings (SSSR count). The lowest BCUT2D eigenvalue weighted by atomic mass is 9.78. The Morgan fingerprint density at radius 3 is 2.60 bits per heavy atom. The molecular formula is C17H27ClN2. The molecule has 3 heteroatoms. The fourth-order valence-corrected chi connectivity index (χ4v) is 3.57. The van der Waals surface area contributed by atoms with Crippen LogP contribution in [0, 0.1) is 11.8 Å². The second-order valence-electron chi connectivity index (χ2n) is 6.40. The van der Waals surface area contributed by atoms with Gasteiger partial charge in [-0.3, -0.25) is 0 Å². The predicted octanol–water partition coefficient (Wildman–Crippen LogP) is 3.80. The molecule has 0 aromatic heterocycles. The zero-order valence-corrected chi connectivity index (χ0v) is 13.7. The minimum absolute atomic E-state index is 0.680. The van der Waals surface area contributed by atoms with Gasteiger partial charge in [0.2, 0.25) is 0 Å². The summed E-state index contributed by atoms with van der Waals surface area (Å²) in [5, 5.41) is 4.32. The molecule has 0 aliphatic heterocycles. The van der Waals surface area contributed by atoms with Crippen LogP contribution in [0.4, 0.5) is 0 Å². The van der Waals surface area contributed by atoms with Crippen molar-refractivity contribution in [3.8, 4) is 0 Å². The van der Waals surface area contributed by atoms with Crippen molar-refractivity contribution in [2.75, 3.05) is 20.6 Å². The van der Waals surface area contributed by atoms with Crippen molar-refractivity contribution in [3.05, 3.63) is 34.9 Å². The summed E-state index contributed by atoms with van der Waals surface area (Å²) in [7, 11) is 4.33. The van der Waals surface area contributed by atoms with Gasteiger partial charge in [-0.1, -0.05) is 30.7 Å². The van der Waals surface area contributed by atoms with E-state index >= 15 is 0 Å². The van der Waals surface area contributed by atoms with Crippen LogP contribution in [0.25, 0.3) is 0 Å². The summed E-state index contributed by atoms with van der Waals surface area (Å²) < 4.78 is 0. The zero-order valence-electron chi connectivity index (χ0n) is 12.9. The van der Waals surface area contributed by atoms with Crippen LogP contribution in [0.3, 0.4) is 0 Å². The summed E-state index contributed by atoms with van der Waals surface area (Å²) in [5.74, 6) is 1.63. The van der Waals surface area contributed by atoms with Crippen molar-refractivity contribution in [3.63, 3.8) is 0 Å². The van der Waals surface area contributed by atoms with E-state index in [4.69, 9.17) is 11.6 Å². The summed E-state index contributed by atoms with van der Waals surface area (Å²) >= 11 is 5.94. The molecule has 112 valence electrons. The van der Waals surface area contributed by atoms with Crippen molar-refractivity contribution in [2.24, 2.45) is 11.8 Å². The molecule has 0 bridgehead atoms. The first-order valence-corrected chi connectivity index (χ1v) is 8.06. The molecule has 0 saturated heterocycles. The lowest BCUT2D eigenvalue weighted by molar-refractivity contribution is 0.162. The molecule has 1 saturated carbocycles. The molecule has 0 heterocycles. The third-order valence-corrected chi connectivity index (χ3v) is 4.78. The van der Waals surface area contributed by atoms with Gasteiger partial charge < -0.3 is 10.2 Å². The van der Waals surface area contributed by atoms with E-state index in [1.807, 2.05) is 12.1 Å². The molecule has 0 radical (unpaired) electrons. The summed E-state index contributed by atoms with van der Waals surface area (Å²) in [6, 6.07) is 8.88. The molecule has 1 aromatic carbocycles. The van der Waals surface area contributed by atoms with Crippen LogP contribution in [0.5, 0.6) is 0 Å². The van der Waals surface area contributed by atoms with Gasteiger partial charge in [-0.2, -0.15) is 0 Å². The van der Waals surface area contributed by atoms with E-state index in [1.54, 1.807) is 0 Å². The predicted molar refractivity (Wildman–Crippen MR) is 87.1 cm³/mol. The van der Waals surface area contributed by atoms with Crippen LogP contribution in [0.2, 0.25) is 5.02 Å². The third kappa shape index (κ3) is 4.47. The average Bonchev–Trinajstić information content (AvgIpc) is 2.41. The quantitative estimate of drug-likeness (QED) is 0.889. The largest absolute Gasteiger partial charge is 0.317 e. The molecule has 1 aromatic rings. The fraction of sp³-hybridized carbons (Fsp3) is 0.647. The zero-order chi connectivity index (χ0) is 14.5. The number of benzene rings is 1. The Morgan fingerprint density at radius 1 is 1.25 bits per heavy atom. The van der Waals surface area contributed by atoms with Gasteiger partial charge in [-0.05, 0) is 62.9 Å². The molecular weight excluding hydrogens is 268 g/mol. The van der Waals surface area contributed by atoms with Crippen molar-refractivity contribution >= 4 is 11.6 Å². The van der Waals surface area contributed by atoms with Gasteiger partial charge >= 0.3 is 0 Å². The Morgan fingerprint density at radius 2 is 1.95 bits per heavy atom. The van der Waals surface area contributed by atoms with Crippen molar-refractivity contribution in [1.82, 2.24) is 10.2 Å². The number of halogens is 1. The maximum absolute atomic E-state index is 5.94. The second-order valence-corrected chi connectivity index (χ2v) is 6.83. The van der Waals surface area contributed by atoms with Crippen molar-refractivity contribution < 1.29 is 0 Å². The average molecular weight is 295 g/mol. The van der Waals surface area contributed by atoms with Gasteiger partial charge in [0.1, 0.15) is 0 Å². The minimum Gasteiger partial charge on any atom is -0.317 e. The van der Waals surface area contributed by atoms with Crippen molar-refractivity contribution in [2.45, 2.75) is 38.8 Å². The lowest BCUT2D eigenvalue weighted by Gasteiger charge is -2.37. The first-order chi connectivity index (χ1) is 9.58. The van der Waals surface area contributed by atoms with E-state index in [0.29, 0.717) is 6.04 Å². The van der Waals surface area contributed by atoms with Gasteiger partial charge in [0.15, 0.2) is 0 Å². The maximum atomic E-state index is 5.94. The smallest absolute Gasteiger partial charge is 0.0406 e. The SMILES string of the molecule is CNC1CCC(C)CC1CN(C)Cc1ccc(Cl)cc1. The first kappa shape index (κ1) is 15.8. The highest BCUT2D eigenvalue weighted by Gasteiger charge is 2.28. The topological polar surface area (TPSA) is 15.3 Å². The molecule has 3 atom stereocenters. The van der Waals surface area contributed by atoms with Gasteiger partial charge in [0.25, 0.3) is 0 Å². The first-order valence-electron chi connectivity index (χ1n) is 7.68. The highest BCUT2D eigenvalue weighted by molar-refractivity contribution is 6.30. The molecule has 20 heavy (non-hydrogen) atoms. The Bertz CT molecular complexity index is 404. The molecule has 3 unspecified atom stereocenters. The highest BCUT2D eigenvalue weighted by atomic mass is 35.5. The monoisotopic (exact) mass is 294 g/mol.